The standard InChI is InChI=1S/C12H12ClNO2/c1-2-8-15-11-10(16-12(13)14-11)9-6-4-3-5-7-9/h3-7H,2,8H2,1H3. The highest BCUT2D eigenvalue weighted by Gasteiger charge is 2.14. The largest absolute Gasteiger partial charge is 0.475 e. The molecule has 0 aliphatic heterocycles. The minimum absolute atomic E-state index is 0.102. The summed E-state index contributed by atoms with van der Waals surface area (Å²) in [5.74, 6) is 1.04. The molecule has 0 saturated carbocycles. The van der Waals surface area contributed by atoms with Crippen LogP contribution in [0.4, 0.5) is 0 Å². The maximum Gasteiger partial charge on any atom is 0.296 e. The monoisotopic (exact) mass is 237 g/mol. The second-order valence-corrected chi connectivity index (χ2v) is 3.64. The highest BCUT2D eigenvalue weighted by molar-refractivity contribution is 6.27. The van der Waals surface area contributed by atoms with E-state index < -0.39 is 0 Å². The Kier molecular flexibility index (Phi) is 3.47. The van der Waals surface area contributed by atoms with Gasteiger partial charge in [-0.15, -0.1) is 0 Å². The molecule has 3 nitrogen and oxygen atoms in total. The molecule has 0 aliphatic rings. The molecular formula is C12H12ClNO2. The Morgan fingerprint density at radius 3 is 2.75 bits per heavy atom. The van der Waals surface area contributed by atoms with Crippen LogP contribution in [-0.2, 0) is 0 Å². The number of rotatable bonds is 4. The zero-order chi connectivity index (χ0) is 11.4. The third-order valence-corrected chi connectivity index (χ3v) is 2.21. The lowest BCUT2D eigenvalue weighted by Gasteiger charge is -2.02. The van der Waals surface area contributed by atoms with Crippen molar-refractivity contribution in [2.75, 3.05) is 6.61 Å². The summed E-state index contributed by atoms with van der Waals surface area (Å²) in [4.78, 5) is 4.00. The van der Waals surface area contributed by atoms with E-state index in [1.165, 1.54) is 0 Å². The van der Waals surface area contributed by atoms with E-state index in [0.29, 0.717) is 18.2 Å². The van der Waals surface area contributed by atoms with Gasteiger partial charge in [0.05, 0.1) is 6.61 Å². The Balaban J connectivity index is 2.33. The first-order valence-electron chi connectivity index (χ1n) is 5.16. The molecule has 0 radical (unpaired) electrons. The highest BCUT2D eigenvalue weighted by atomic mass is 35.5. The summed E-state index contributed by atoms with van der Waals surface area (Å²) in [5.41, 5.74) is 0.910. The lowest BCUT2D eigenvalue weighted by Crippen LogP contribution is -1.96. The molecule has 0 atom stereocenters. The van der Waals surface area contributed by atoms with Crippen LogP contribution in [0.1, 0.15) is 13.3 Å². The summed E-state index contributed by atoms with van der Waals surface area (Å²) in [6.45, 7) is 2.63. The number of halogens is 1. The van der Waals surface area contributed by atoms with Gasteiger partial charge < -0.3 is 9.15 Å². The summed E-state index contributed by atoms with van der Waals surface area (Å²) in [6.07, 6.45) is 0.915. The van der Waals surface area contributed by atoms with E-state index in [2.05, 4.69) is 4.98 Å². The van der Waals surface area contributed by atoms with Gasteiger partial charge in [0, 0.05) is 5.56 Å². The number of aromatic nitrogens is 1. The first-order chi connectivity index (χ1) is 7.81. The van der Waals surface area contributed by atoms with Crippen LogP contribution in [-0.4, -0.2) is 11.6 Å². The quantitative estimate of drug-likeness (QED) is 0.812. The first-order valence-corrected chi connectivity index (χ1v) is 5.53. The maximum absolute atomic E-state index is 5.74. The minimum atomic E-state index is 0.102. The van der Waals surface area contributed by atoms with Crippen molar-refractivity contribution in [3.63, 3.8) is 0 Å². The van der Waals surface area contributed by atoms with Crippen molar-refractivity contribution in [3.8, 4) is 17.2 Å². The molecule has 0 aliphatic carbocycles. The van der Waals surface area contributed by atoms with Crippen molar-refractivity contribution in [2.45, 2.75) is 13.3 Å². The molecule has 0 unspecified atom stereocenters. The molecular weight excluding hydrogens is 226 g/mol. The van der Waals surface area contributed by atoms with Crippen LogP contribution in [0.2, 0.25) is 5.35 Å². The Hall–Kier alpha value is -1.48. The molecule has 0 amide bonds. The lowest BCUT2D eigenvalue weighted by atomic mass is 10.2. The Bertz CT molecular complexity index is 453. The van der Waals surface area contributed by atoms with Crippen molar-refractivity contribution < 1.29 is 9.15 Å². The molecule has 1 aromatic carbocycles. The second-order valence-electron chi connectivity index (χ2n) is 3.32. The third kappa shape index (κ3) is 2.36. The van der Waals surface area contributed by atoms with E-state index in [0.717, 1.165) is 12.0 Å². The number of ether oxygens (including phenoxy) is 1. The second kappa shape index (κ2) is 5.03. The van der Waals surface area contributed by atoms with Crippen molar-refractivity contribution >= 4 is 11.6 Å². The maximum atomic E-state index is 5.74. The topological polar surface area (TPSA) is 35.3 Å². The molecule has 0 N–H and O–H groups in total. The Morgan fingerprint density at radius 2 is 2.06 bits per heavy atom. The van der Waals surface area contributed by atoms with E-state index in [1.807, 2.05) is 37.3 Å². The molecule has 2 aromatic rings. The molecule has 16 heavy (non-hydrogen) atoms. The summed E-state index contributed by atoms with van der Waals surface area (Å²) in [6, 6.07) is 9.64. The Labute approximate surface area is 99.0 Å². The van der Waals surface area contributed by atoms with Crippen LogP contribution in [0.15, 0.2) is 34.7 Å². The Morgan fingerprint density at radius 1 is 1.31 bits per heavy atom. The van der Waals surface area contributed by atoms with Gasteiger partial charge in [-0.25, -0.2) is 0 Å². The normalized spacial score (nSPS) is 10.4. The van der Waals surface area contributed by atoms with Gasteiger partial charge in [-0.1, -0.05) is 37.3 Å². The van der Waals surface area contributed by atoms with E-state index in [-0.39, 0.29) is 5.35 Å². The van der Waals surface area contributed by atoms with Crippen LogP contribution in [0, 0.1) is 0 Å². The van der Waals surface area contributed by atoms with Crippen molar-refractivity contribution in [2.24, 2.45) is 0 Å². The van der Waals surface area contributed by atoms with E-state index in [1.54, 1.807) is 0 Å². The van der Waals surface area contributed by atoms with Gasteiger partial charge in [-0.3, -0.25) is 0 Å². The molecule has 2 rings (SSSR count). The molecule has 0 spiro atoms. The van der Waals surface area contributed by atoms with Crippen LogP contribution >= 0.6 is 11.6 Å². The first kappa shape index (κ1) is 11.0. The molecule has 0 bridgehead atoms. The van der Waals surface area contributed by atoms with Crippen molar-refractivity contribution in [1.82, 2.24) is 4.98 Å². The highest BCUT2D eigenvalue weighted by Crippen LogP contribution is 2.32. The van der Waals surface area contributed by atoms with Gasteiger partial charge in [-0.05, 0) is 18.0 Å². The van der Waals surface area contributed by atoms with Gasteiger partial charge in [-0.2, -0.15) is 4.98 Å². The van der Waals surface area contributed by atoms with Gasteiger partial charge in [0.1, 0.15) is 0 Å². The molecule has 4 heteroatoms. The average molecular weight is 238 g/mol. The summed E-state index contributed by atoms with van der Waals surface area (Å²) in [5, 5.41) is 0.102. The fourth-order valence-electron chi connectivity index (χ4n) is 1.35. The van der Waals surface area contributed by atoms with Gasteiger partial charge in [0.15, 0.2) is 5.76 Å². The average Bonchev–Trinajstić information content (AvgIpc) is 2.69. The van der Waals surface area contributed by atoms with Gasteiger partial charge in [0.2, 0.25) is 0 Å². The number of nitrogens with zero attached hydrogens (tertiary/aromatic N) is 1. The molecule has 1 aromatic heterocycles. The smallest absolute Gasteiger partial charge is 0.296 e. The van der Waals surface area contributed by atoms with Gasteiger partial charge in [0.25, 0.3) is 11.2 Å². The predicted molar refractivity (Wildman–Crippen MR) is 62.7 cm³/mol. The summed E-state index contributed by atoms with van der Waals surface area (Å²) in [7, 11) is 0. The minimum Gasteiger partial charge on any atom is -0.475 e. The fourth-order valence-corrected chi connectivity index (χ4v) is 1.50. The van der Waals surface area contributed by atoms with E-state index in [4.69, 9.17) is 20.8 Å². The zero-order valence-corrected chi connectivity index (χ0v) is 9.70. The summed E-state index contributed by atoms with van der Waals surface area (Å²) >= 11 is 5.74. The van der Waals surface area contributed by atoms with Crippen LogP contribution in [0.5, 0.6) is 5.88 Å². The zero-order valence-electron chi connectivity index (χ0n) is 8.94. The summed E-state index contributed by atoms with van der Waals surface area (Å²) < 4.78 is 10.8. The lowest BCUT2D eigenvalue weighted by molar-refractivity contribution is 0.306. The number of benzene rings is 1. The van der Waals surface area contributed by atoms with Crippen molar-refractivity contribution in [3.05, 3.63) is 35.7 Å². The molecule has 0 fully saturated rings. The number of oxazole rings is 1. The van der Waals surface area contributed by atoms with Crippen LogP contribution < -0.4 is 4.74 Å². The molecule has 0 saturated heterocycles. The SMILES string of the molecule is CCCOc1nc(Cl)oc1-c1ccccc1. The van der Waals surface area contributed by atoms with Crippen LogP contribution in [0.25, 0.3) is 11.3 Å². The number of hydrogen-bond acceptors (Lipinski definition) is 3. The van der Waals surface area contributed by atoms with E-state index in [9.17, 15) is 0 Å². The number of hydrogen-bond donors (Lipinski definition) is 0. The van der Waals surface area contributed by atoms with Crippen molar-refractivity contribution in [1.29, 1.82) is 0 Å². The molecule has 84 valence electrons. The predicted octanol–water partition coefficient (Wildman–Crippen LogP) is 3.78. The van der Waals surface area contributed by atoms with Gasteiger partial charge >= 0.3 is 0 Å². The van der Waals surface area contributed by atoms with E-state index >= 15 is 0 Å². The fraction of sp³-hybridized carbons (Fsp3) is 0.250. The molecule has 1 heterocycles. The third-order valence-electron chi connectivity index (χ3n) is 2.05. The van der Waals surface area contributed by atoms with Crippen LogP contribution in [0.3, 0.4) is 0 Å².